The maximum absolute atomic E-state index is 13.1. The number of hydrogen-bond acceptors (Lipinski definition) is 5. The van der Waals surface area contributed by atoms with Gasteiger partial charge in [0.25, 0.3) is 5.91 Å². The van der Waals surface area contributed by atoms with E-state index in [1.165, 1.54) is 17.1 Å². The van der Waals surface area contributed by atoms with Gasteiger partial charge in [-0.25, -0.2) is 14.4 Å². The topological polar surface area (TPSA) is 74.7 Å². The molecule has 2 heterocycles. The van der Waals surface area contributed by atoms with Crippen molar-refractivity contribution in [3.8, 4) is 0 Å². The molecular weight excluding hydrogens is 403 g/mol. The van der Waals surface area contributed by atoms with Crippen molar-refractivity contribution >= 4 is 39.1 Å². The summed E-state index contributed by atoms with van der Waals surface area (Å²) in [6.07, 6.45) is 1.15. The van der Waals surface area contributed by atoms with E-state index in [-0.39, 0.29) is 36.6 Å². The Bertz CT molecular complexity index is 1080. The number of thiazole rings is 1. The maximum atomic E-state index is 13.1. The van der Waals surface area contributed by atoms with Gasteiger partial charge in [0.15, 0.2) is 0 Å². The van der Waals surface area contributed by atoms with Crippen molar-refractivity contribution in [2.24, 2.45) is 5.10 Å². The summed E-state index contributed by atoms with van der Waals surface area (Å²) in [6.45, 7) is 2.13. The van der Waals surface area contributed by atoms with Crippen molar-refractivity contribution in [2.75, 3.05) is 0 Å². The van der Waals surface area contributed by atoms with Gasteiger partial charge in [-0.1, -0.05) is 24.3 Å². The summed E-state index contributed by atoms with van der Waals surface area (Å²) in [5.74, 6) is -0.770. The number of fused-ring (bicyclic) bond motifs is 1. The van der Waals surface area contributed by atoms with Gasteiger partial charge in [-0.2, -0.15) is 5.10 Å². The van der Waals surface area contributed by atoms with Gasteiger partial charge in [0.2, 0.25) is 5.91 Å². The summed E-state index contributed by atoms with van der Waals surface area (Å²) >= 11 is 1.62. The van der Waals surface area contributed by atoms with E-state index < -0.39 is 0 Å². The number of amides is 2. The van der Waals surface area contributed by atoms with E-state index in [0.717, 1.165) is 20.8 Å². The number of nitrogens with one attached hydrogen (secondary N) is 1. The lowest BCUT2D eigenvalue weighted by molar-refractivity contribution is -0.132. The Morgan fingerprint density at radius 3 is 2.73 bits per heavy atom. The molecule has 1 atom stereocenters. The maximum Gasteiger partial charge on any atom is 0.267 e. The molecule has 1 aromatic heterocycles. The number of rotatable bonds is 6. The molecule has 0 fully saturated rings. The van der Waals surface area contributed by atoms with E-state index in [4.69, 9.17) is 0 Å². The van der Waals surface area contributed by atoms with Gasteiger partial charge < -0.3 is 5.32 Å². The lowest BCUT2D eigenvalue weighted by Gasteiger charge is -2.24. The Labute approximate surface area is 177 Å². The molecule has 0 radical (unpaired) electrons. The molecule has 154 valence electrons. The van der Waals surface area contributed by atoms with Crippen LogP contribution in [0.1, 0.15) is 30.3 Å². The van der Waals surface area contributed by atoms with Crippen LogP contribution >= 0.6 is 11.3 Å². The summed E-state index contributed by atoms with van der Waals surface area (Å²) in [5, 5.41) is 9.46. The van der Waals surface area contributed by atoms with E-state index in [1.54, 1.807) is 23.5 Å². The standard InChI is InChI=1S/C22H21FN4O2S/c1-14(12-20-25-17-4-2-3-5-19(17)30-20)24-22(29)18-10-11-21(28)27(26-18)13-15-6-8-16(23)9-7-15/h2-9,14H,10-13H2,1H3,(H,24,29). The van der Waals surface area contributed by atoms with Crippen LogP contribution in [-0.2, 0) is 22.6 Å². The molecule has 0 saturated carbocycles. The first-order valence-corrected chi connectivity index (χ1v) is 10.6. The van der Waals surface area contributed by atoms with Crippen molar-refractivity contribution in [3.63, 3.8) is 0 Å². The van der Waals surface area contributed by atoms with E-state index in [2.05, 4.69) is 15.4 Å². The van der Waals surface area contributed by atoms with Gasteiger partial charge in [0.1, 0.15) is 11.5 Å². The number of para-hydroxylation sites is 1. The summed E-state index contributed by atoms with van der Waals surface area (Å²) in [4.78, 5) is 29.5. The van der Waals surface area contributed by atoms with Crippen molar-refractivity contribution < 1.29 is 14.0 Å². The van der Waals surface area contributed by atoms with Crippen LogP contribution in [-0.4, -0.2) is 33.6 Å². The number of carbonyl (C=O) groups excluding carboxylic acids is 2. The number of hydrogen-bond donors (Lipinski definition) is 1. The summed E-state index contributed by atoms with van der Waals surface area (Å²) in [5.41, 5.74) is 2.04. The molecule has 0 aliphatic carbocycles. The first-order valence-electron chi connectivity index (χ1n) is 9.75. The van der Waals surface area contributed by atoms with E-state index >= 15 is 0 Å². The third kappa shape index (κ3) is 4.71. The van der Waals surface area contributed by atoms with Gasteiger partial charge in [-0.3, -0.25) is 9.59 Å². The van der Waals surface area contributed by atoms with Crippen LogP contribution in [0.4, 0.5) is 4.39 Å². The predicted molar refractivity (Wildman–Crippen MR) is 115 cm³/mol. The Morgan fingerprint density at radius 1 is 1.20 bits per heavy atom. The third-order valence-electron chi connectivity index (χ3n) is 4.81. The van der Waals surface area contributed by atoms with Gasteiger partial charge in [0.05, 0.1) is 21.8 Å². The Balaban J connectivity index is 1.39. The summed E-state index contributed by atoms with van der Waals surface area (Å²) in [7, 11) is 0. The van der Waals surface area contributed by atoms with Crippen LogP contribution < -0.4 is 5.32 Å². The highest BCUT2D eigenvalue weighted by molar-refractivity contribution is 7.18. The number of benzene rings is 2. The number of halogens is 1. The molecule has 0 bridgehead atoms. The first-order chi connectivity index (χ1) is 14.5. The third-order valence-corrected chi connectivity index (χ3v) is 5.87. The second-order valence-corrected chi connectivity index (χ2v) is 8.39. The minimum absolute atomic E-state index is 0.121. The van der Waals surface area contributed by atoms with Crippen molar-refractivity contribution in [1.82, 2.24) is 15.3 Å². The van der Waals surface area contributed by atoms with Crippen LogP contribution in [0, 0.1) is 5.82 Å². The fourth-order valence-corrected chi connectivity index (χ4v) is 4.37. The highest BCUT2D eigenvalue weighted by atomic mass is 32.1. The predicted octanol–water partition coefficient (Wildman–Crippen LogP) is 3.66. The zero-order valence-electron chi connectivity index (χ0n) is 16.5. The first kappa shape index (κ1) is 20.2. The van der Waals surface area contributed by atoms with E-state index in [0.29, 0.717) is 18.6 Å². The van der Waals surface area contributed by atoms with Gasteiger partial charge in [0, 0.05) is 25.3 Å². The van der Waals surface area contributed by atoms with Crippen LogP contribution in [0.5, 0.6) is 0 Å². The smallest absolute Gasteiger partial charge is 0.267 e. The van der Waals surface area contributed by atoms with Crippen LogP contribution in [0.3, 0.4) is 0 Å². The molecule has 0 spiro atoms. The monoisotopic (exact) mass is 424 g/mol. The normalized spacial score (nSPS) is 15.2. The molecule has 1 N–H and O–H groups in total. The Hall–Kier alpha value is -3.13. The average molecular weight is 425 g/mol. The zero-order valence-corrected chi connectivity index (χ0v) is 17.3. The minimum Gasteiger partial charge on any atom is -0.348 e. The van der Waals surface area contributed by atoms with Crippen LogP contribution in [0.25, 0.3) is 10.2 Å². The van der Waals surface area contributed by atoms with Crippen LogP contribution in [0.15, 0.2) is 53.6 Å². The molecule has 1 unspecified atom stereocenters. The molecule has 3 aromatic rings. The second kappa shape index (κ2) is 8.71. The number of hydrazone groups is 1. The number of nitrogens with zero attached hydrogens (tertiary/aromatic N) is 3. The largest absolute Gasteiger partial charge is 0.348 e. The molecule has 1 aliphatic heterocycles. The second-order valence-electron chi connectivity index (χ2n) is 7.28. The highest BCUT2D eigenvalue weighted by Gasteiger charge is 2.25. The molecule has 1 aliphatic rings. The highest BCUT2D eigenvalue weighted by Crippen LogP contribution is 2.22. The lowest BCUT2D eigenvalue weighted by atomic mass is 10.1. The molecule has 30 heavy (non-hydrogen) atoms. The lowest BCUT2D eigenvalue weighted by Crippen LogP contribution is -2.42. The van der Waals surface area contributed by atoms with Crippen molar-refractivity contribution in [3.05, 3.63) is 64.9 Å². The Morgan fingerprint density at radius 2 is 1.97 bits per heavy atom. The average Bonchev–Trinajstić information content (AvgIpc) is 3.13. The van der Waals surface area contributed by atoms with E-state index in [9.17, 15) is 14.0 Å². The number of aromatic nitrogens is 1. The van der Waals surface area contributed by atoms with Gasteiger partial charge in [-0.05, 0) is 36.8 Å². The molecule has 2 amide bonds. The molecular formula is C22H21FN4O2S. The molecule has 0 saturated heterocycles. The fraction of sp³-hybridized carbons (Fsp3) is 0.273. The minimum atomic E-state index is -0.339. The fourth-order valence-electron chi connectivity index (χ4n) is 3.28. The zero-order chi connectivity index (χ0) is 21.1. The SMILES string of the molecule is CC(Cc1nc2ccccc2s1)NC(=O)C1=NN(Cc2ccc(F)cc2)C(=O)CC1. The van der Waals surface area contributed by atoms with E-state index in [1.807, 2.05) is 31.2 Å². The quantitative estimate of drug-likeness (QED) is 0.656. The van der Waals surface area contributed by atoms with Crippen LogP contribution in [0.2, 0.25) is 0 Å². The molecule has 4 rings (SSSR count). The summed E-state index contributed by atoms with van der Waals surface area (Å²) < 4.78 is 14.2. The van der Waals surface area contributed by atoms with Gasteiger partial charge in [-0.15, -0.1) is 11.3 Å². The Kier molecular flexibility index (Phi) is 5.85. The molecule has 8 heteroatoms. The number of carbonyl (C=O) groups is 2. The van der Waals surface area contributed by atoms with Crippen molar-refractivity contribution in [1.29, 1.82) is 0 Å². The summed E-state index contributed by atoms with van der Waals surface area (Å²) in [6, 6.07) is 13.7. The van der Waals surface area contributed by atoms with Gasteiger partial charge >= 0.3 is 0 Å². The molecule has 2 aromatic carbocycles. The van der Waals surface area contributed by atoms with Crippen molar-refractivity contribution in [2.45, 2.75) is 38.8 Å². The molecule has 6 nitrogen and oxygen atoms in total.